The number of nitrogens with two attached hydrogens (primary N) is 1. The Balaban J connectivity index is 1.56. The van der Waals surface area contributed by atoms with Crippen LogP contribution in [0.5, 0.6) is 5.75 Å². The Bertz CT molecular complexity index is 653. The normalized spacial score (nSPS) is 26.8. The van der Waals surface area contributed by atoms with Crippen molar-refractivity contribution in [2.45, 2.75) is 38.0 Å². The molecular formula is C20H29N3O2. The second-order valence-electron chi connectivity index (χ2n) is 8.11. The maximum absolute atomic E-state index is 6.15. The Hall–Kier alpha value is -1.30. The van der Waals surface area contributed by atoms with E-state index in [0.29, 0.717) is 5.92 Å². The van der Waals surface area contributed by atoms with Gasteiger partial charge in [0.05, 0.1) is 18.8 Å². The minimum atomic E-state index is 0.663. The van der Waals surface area contributed by atoms with E-state index in [1.165, 1.54) is 30.5 Å². The van der Waals surface area contributed by atoms with Crippen LogP contribution < -0.4 is 15.5 Å². The van der Waals surface area contributed by atoms with Gasteiger partial charge in [0.1, 0.15) is 12.4 Å². The maximum atomic E-state index is 6.15. The molecule has 25 heavy (non-hydrogen) atoms. The van der Waals surface area contributed by atoms with Crippen LogP contribution in [-0.2, 0) is 17.6 Å². The highest BCUT2D eigenvalue weighted by Crippen LogP contribution is 2.51. The van der Waals surface area contributed by atoms with Gasteiger partial charge in [0.25, 0.3) is 0 Å². The first-order valence-electron chi connectivity index (χ1n) is 9.93. The molecule has 0 aromatic heterocycles. The first-order valence-corrected chi connectivity index (χ1v) is 9.93. The van der Waals surface area contributed by atoms with Crippen molar-refractivity contribution < 1.29 is 9.47 Å². The molecule has 0 radical (unpaired) electrons. The number of anilines is 1. The lowest BCUT2D eigenvalue weighted by molar-refractivity contribution is 0.186. The number of rotatable bonds is 3. The fourth-order valence-corrected chi connectivity index (χ4v) is 4.76. The lowest BCUT2D eigenvalue weighted by atomic mass is 9.90. The molecule has 1 saturated heterocycles. The van der Waals surface area contributed by atoms with Crippen molar-refractivity contribution in [2.24, 2.45) is 11.8 Å². The minimum Gasteiger partial charge on any atom is -0.490 e. The first kappa shape index (κ1) is 15.9. The van der Waals surface area contributed by atoms with Crippen molar-refractivity contribution in [3.63, 3.8) is 0 Å². The number of benzene rings is 1. The van der Waals surface area contributed by atoms with Crippen LogP contribution in [0.15, 0.2) is 6.07 Å². The number of hydrazine groups is 1. The summed E-state index contributed by atoms with van der Waals surface area (Å²) in [6.45, 7) is 6.66. The van der Waals surface area contributed by atoms with E-state index in [4.69, 9.17) is 15.3 Å². The summed E-state index contributed by atoms with van der Waals surface area (Å²) in [5.41, 5.74) is 6.05. The summed E-state index contributed by atoms with van der Waals surface area (Å²) in [6, 6.07) is 2.33. The summed E-state index contributed by atoms with van der Waals surface area (Å²) in [4.78, 5) is 2.61. The zero-order valence-electron chi connectivity index (χ0n) is 15.0. The molecule has 1 saturated carbocycles. The van der Waals surface area contributed by atoms with Gasteiger partial charge in [-0.25, -0.2) is 5.01 Å². The Kier molecular flexibility index (Phi) is 4.11. The highest BCUT2D eigenvalue weighted by molar-refractivity contribution is 5.71. The van der Waals surface area contributed by atoms with Crippen LogP contribution >= 0.6 is 0 Å². The molecule has 4 aliphatic rings. The molecule has 2 N–H and O–H groups in total. The summed E-state index contributed by atoms with van der Waals surface area (Å²) in [7, 11) is 0. The zero-order chi connectivity index (χ0) is 16.8. The quantitative estimate of drug-likeness (QED) is 0.852. The Labute approximate surface area is 150 Å². The molecule has 5 heteroatoms. The molecule has 0 spiro atoms. The molecular weight excluding hydrogens is 314 g/mol. The third-order valence-electron chi connectivity index (χ3n) is 6.25. The molecule has 1 aromatic rings. The van der Waals surface area contributed by atoms with Gasteiger partial charge in [-0.2, -0.15) is 0 Å². The van der Waals surface area contributed by atoms with Gasteiger partial charge in [-0.1, -0.05) is 0 Å². The van der Waals surface area contributed by atoms with Crippen LogP contribution in [0.1, 0.15) is 41.9 Å². The van der Waals surface area contributed by atoms with Crippen molar-refractivity contribution >= 4 is 5.69 Å². The summed E-state index contributed by atoms with van der Waals surface area (Å²) < 4.78 is 11.8. The lowest BCUT2D eigenvalue weighted by Gasteiger charge is -2.36. The molecule has 1 aromatic carbocycles. The smallest absolute Gasteiger partial charge is 0.143 e. The third kappa shape index (κ3) is 3.03. The average molecular weight is 343 g/mol. The molecule has 1 atom stereocenters. The van der Waals surface area contributed by atoms with Gasteiger partial charge in [0.2, 0.25) is 0 Å². The molecule has 5 nitrogen and oxygen atoms in total. The predicted octanol–water partition coefficient (Wildman–Crippen LogP) is 2.07. The van der Waals surface area contributed by atoms with E-state index < -0.39 is 0 Å². The fourth-order valence-electron chi connectivity index (χ4n) is 4.76. The SMILES string of the molecule is NN1CCc2cc3c(c(C4CC4)c2CC1)N(C[C@H]1CCOC1)CCO3. The molecule has 1 aliphatic carbocycles. The molecule has 3 heterocycles. The van der Waals surface area contributed by atoms with E-state index in [1.807, 2.05) is 5.01 Å². The van der Waals surface area contributed by atoms with Gasteiger partial charge in [0, 0.05) is 32.2 Å². The van der Waals surface area contributed by atoms with E-state index in [9.17, 15) is 0 Å². The molecule has 3 aliphatic heterocycles. The standard InChI is InChI=1S/C20H29N3O2/c21-23-6-3-16-11-18-20(19(15-1-2-15)17(16)4-7-23)22(8-10-25-18)12-14-5-9-24-13-14/h11,14-15H,1-10,12-13,21H2/t14-/m1/s1. The van der Waals surface area contributed by atoms with Crippen molar-refractivity contribution in [3.05, 3.63) is 22.8 Å². The molecule has 2 fully saturated rings. The monoisotopic (exact) mass is 343 g/mol. The van der Waals surface area contributed by atoms with Gasteiger partial charge in [-0.15, -0.1) is 0 Å². The summed E-state index contributed by atoms with van der Waals surface area (Å²) in [5, 5.41) is 1.98. The largest absolute Gasteiger partial charge is 0.490 e. The number of hydrogen-bond acceptors (Lipinski definition) is 5. The van der Waals surface area contributed by atoms with Gasteiger partial charge < -0.3 is 14.4 Å². The number of hydrogen-bond donors (Lipinski definition) is 1. The third-order valence-corrected chi connectivity index (χ3v) is 6.25. The maximum Gasteiger partial charge on any atom is 0.143 e. The van der Waals surface area contributed by atoms with E-state index >= 15 is 0 Å². The second kappa shape index (κ2) is 6.45. The van der Waals surface area contributed by atoms with Crippen molar-refractivity contribution in [3.8, 4) is 5.75 Å². The van der Waals surface area contributed by atoms with Crippen LogP contribution in [0.25, 0.3) is 0 Å². The summed E-state index contributed by atoms with van der Waals surface area (Å²) in [6.07, 6.45) is 5.97. The molecule has 0 unspecified atom stereocenters. The Morgan fingerprint density at radius 3 is 2.76 bits per heavy atom. The highest BCUT2D eigenvalue weighted by Gasteiger charge is 2.36. The Morgan fingerprint density at radius 1 is 1.08 bits per heavy atom. The van der Waals surface area contributed by atoms with Gasteiger partial charge in [0.15, 0.2) is 0 Å². The van der Waals surface area contributed by atoms with E-state index in [-0.39, 0.29) is 0 Å². The summed E-state index contributed by atoms with van der Waals surface area (Å²) >= 11 is 0. The Morgan fingerprint density at radius 2 is 1.96 bits per heavy atom. The fraction of sp³-hybridized carbons (Fsp3) is 0.700. The van der Waals surface area contributed by atoms with Gasteiger partial charge in [-0.05, 0) is 60.8 Å². The highest BCUT2D eigenvalue weighted by atomic mass is 16.5. The van der Waals surface area contributed by atoms with Crippen molar-refractivity contribution in [1.82, 2.24) is 5.01 Å². The predicted molar refractivity (Wildman–Crippen MR) is 98.2 cm³/mol. The number of nitrogens with zero attached hydrogens (tertiary/aromatic N) is 2. The van der Waals surface area contributed by atoms with Gasteiger partial charge >= 0.3 is 0 Å². The lowest BCUT2D eigenvalue weighted by Crippen LogP contribution is -2.38. The summed E-state index contributed by atoms with van der Waals surface area (Å²) in [5.74, 6) is 8.64. The van der Waals surface area contributed by atoms with Gasteiger partial charge in [-0.3, -0.25) is 5.84 Å². The molecule has 5 rings (SSSR count). The number of ether oxygens (including phenoxy) is 2. The topological polar surface area (TPSA) is 51.0 Å². The minimum absolute atomic E-state index is 0.663. The van der Waals surface area contributed by atoms with Crippen molar-refractivity contribution in [1.29, 1.82) is 0 Å². The van der Waals surface area contributed by atoms with Crippen LogP contribution in [0.3, 0.4) is 0 Å². The molecule has 0 amide bonds. The van der Waals surface area contributed by atoms with Crippen LogP contribution in [0.4, 0.5) is 5.69 Å². The van der Waals surface area contributed by atoms with E-state index in [1.54, 1.807) is 11.1 Å². The van der Waals surface area contributed by atoms with Crippen molar-refractivity contribution in [2.75, 3.05) is 50.9 Å². The zero-order valence-corrected chi connectivity index (χ0v) is 15.0. The average Bonchev–Trinajstić information content (AvgIpc) is 3.37. The number of fused-ring (bicyclic) bond motifs is 2. The van der Waals surface area contributed by atoms with E-state index in [2.05, 4.69) is 11.0 Å². The van der Waals surface area contributed by atoms with Crippen LogP contribution in [0.2, 0.25) is 0 Å². The van der Waals surface area contributed by atoms with E-state index in [0.717, 1.165) is 70.5 Å². The van der Waals surface area contributed by atoms with Crippen LogP contribution in [0, 0.1) is 5.92 Å². The molecule has 136 valence electrons. The second-order valence-corrected chi connectivity index (χ2v) is 8.11. The first-order chi connectivity index (χ1) is 12.3. The van der Waals surface area contributed by atoms with Crippen LogP contribution in [-0.4, -0.2) is 51.0 Å². The molecule has 0 bridgehead atoms.